The summed E-state index contributed by atoms with van der Waals surface area (Å²) in [4.78, 5) is 15.8. The molecule has 0 radical (unpaired) electrons. The van der Waals surface area contributed by atoms with Gasteiger partial charge in [0.1, 0.15) is 0 Å². The van der Waals surface area contributed by atoms with Crippen LogP contribution in [0.2, 0.25) is 0 Å². The smallest absolute Gasteiger partial charge is 0.222 e. The molecule has 16 heavy (non-hydrogen) atoms. The summed E-state index contributed by atoms with van der Waals surface area (Å²) < 4.78 is 0. The first-order valence-corrected chi connectivity index (χ1v) is 6.40. The average Bonchev–Trinajstić information content (AvgIpc) is 2.79. The zero-order valence-corrected chi connectivity index (χ0v) is 10.6. The normalized spacial score (nSPS) is 14.4. The highest BCUT2D eigenvalue weighted by Gasteiger charge is 2.14. The molecule has 0 spiro atoms. The summed E-state index contributed by atoms with van der Waals surface area (Å²) in [6, 6.07) is 0. The molecule has 0 saturated carbocycles. The number of aromatic nitrogens is 1. The zero-order valence-electron chi connectivity index (χ0n) is 9.77. The minimum Gasteiger partial charge on any atom is -0.355 e. The Balaban J connectivity index is 2.31. The van der Waals surface area contributed by atoms with E-state index in [0.29, 0.717) is 13.1 Å². The van der Waals surface area contributed by atoms with E-state index >= 15 is 0 Å². The van der Waals surface area contributed by atoms with Crippen LogP contribution >= 0.6 is 11.3 Å². The number of nitrogens with two attached hydrogens (primary N) is 1. The number of amides is 1. The first kappa shape index (κ1) is 13.1. The predicted octanol–water partition coefficient (Wildman–Crippen LogP) is 1.35. The van der Waals surface area contributed by atoms with Crippen LogP contribution in [0.1, 0.15) is 31.2 Å². The summed E-state index contributed by atoms with van der Waals surface area (Å²) in [5.74, 6) is 0.344. The molecule has 2 atom stereocenters. The van der Waals surface area contributed by atoms with Crippen LogP contribution < -0.4 is 11.1 Å². The van der Waals surface area contributed by atoms with Crippen molar-refractivity contribution in [2.24, 2.45) is 11.7 Å². The first-order chi connectivity index (χ1) is 7.65. The van der Waals surface area contributed by atoms with Crippen LogP contribution in [-0.2, 0) is 4.79 Å². The monoisotopic (exact) mass is 241 g/mol. The standard InChI is InChI=1S/C11H19N3OS/c1-8(3-4-12)10(15)14-7-9(2)11-13-5-6-16-11/h5-6,8-9H,3-4,7,12H2,1-2H3,(H,14,15). The molecular formula is C11H19N3OS. The van der Waals surface area contributed by atoms with E-state index in [1.165, 1.54) is 0 Å². The van der Waals surface area contributed by atoms with Crippen molar-refractivity contribution in [3.63, 3.8) is 0 Å². The highest BCUT2D eigenvalue weighted by Crippen LogP contribution is 2.16. The van der Waals surface area contributed by atoms with Gasteiger partial charge in [0.05, 0.1) is 5.01 Å². The maximum atomic E-state index is 11.6. The van der Waals surface area contributed by atoms with Crippen LogP contribution in [0.5, 0.6) is 0 Å². The van der Waals surface area contributed by atoms with E-state index in [0.717, 1.165) is 11.4 Å². The van der Waals surface area contributed by atoms with E-state index in [1.807, 2.05) is 12.3 Å². The van der Waals surface area contributed by atoms with Gasteiger partial charge in [0.2, 0.25) is 5.91 Å². The Labute approximate surface area is 100 Å². The Morgan fingerprint density at radius 1 is 1.62 bits per heavy atom. The number of carbonyl (C=O) groups excluding carboxylic acids is 1. The second-order valence-corrected chi connectivity index (χ2v) is 4.92. The van der Waals surface area contributed by atoms with Crippen LogP contribution in [0.3, 0.4) is 0 Å². The predicted molar refractivity (Wildman–Crippen MR) is 66.4 cm³/mol. The van der Waals surface area contributed by atoms with Crippen molar-refractivity contribution in [2.45, 2.75) is 26.2 Å². The zero-order chi connectivity index (χ0) is 12.0. The fourth-order valence-electron chi connectivity index (χ4n) is 1.37. The molecule has 90 valence electrons. The topological polar surface area (TPSA) is 68.0 Å². The van der Waals surface area contributed by atoms with Crippen LogP contribution in [0.4, 0.5) is 0 Å². The van der Waals surface area contributed by atoms with Crippen molar-refractivity contribution in [3.05, 3.63) is 16.6 Å². The summed E-state index contributed by atoms with van der Waals surface area (Å²) >= 11 is 1.62. The lowest BCUT2D eigenvalue weighted by Crippen LogP contribution is -2.33. The van der Waals surface area contributed by atoms with Crippen LogP contribution in [-0.4, -0.2) is 24.0 Å². The van der Waals surface area contributed by atoms with E-state index in [4.69, 9.17) is 5.73 Å². The van der Waals surface area contributed by atoms with Crippen molar-refractivity contribution < 1.29 is 4.79 Å². The molecule has 0 bridgehead atoms. The van der Waals surface area contributed by atoms with Gasteiger partial charge in [-0.2, -0.15) is 0 Å². The summed E-state index contributed by atoms with van der Waals surface area (Å²) in [5, 5.41) is 5.94. The second kappa shape index (κ2) is 6.60. The molecule has 0 aliphatic rings. The fourth-order valence-corrected chi connectivity index (χ4v) is 2.07. The summed E-state index contributed by atoms with van der Waals surface area (Å²) in [7, 11) is 0. The van der Waals surface area contributed by atoms with Crippen molar-refractivity contribution in [1.82, 2.24) is 10.3 Å². The molecule has 0 aliphatic carbocycles. The average molecular weight is 241 g/mol. The van der Waals surface area contributed by atoms with E-state index in [9.17, 15) is 4.79 Å². The lowest BCUT2D eigenvalue weighted by molar-refractivity contribution is -0.124. The number of rotatable bonds is 6. The lowest BCUT2D eigenvalue weighted by atomic mass is 10.1. The van der Waals surface area contributed by atoms with Gasteiger partial charge in [0, 0.05) is 30.0 Å². The van der Waals surface area contributed by atoms with Crippen LogP contribution in [0, 0.1) is 5.92 Å². The highest BCUT2D eigenvalue weighted by molar-refractivity contribution is 7.09. The number of thiazole rings is 1. The molecule has 4 nitrogen and oxygen atoms in total. The fraction of sp³-hybridized carbons (Fsp3) is 0.636. The Kier molecular flexibility index (Phi) is 5.42. The maximum Gasteiger partial charge on any atom is 0.222 e. The number of nitrogens with zero attached hydrogens (tertiary/aromatic N) is 1. The molecule has 0 fully saturated rings. The third kappa shape index (κ3) is 3.90. The molecule has 0 aliphatic heterocycles. The second-order valence-electron chi connectivity index (χ2n) is 3.99. The van der Waals surface area contributed by atoms with E-state index in [-0.39, 0.29) is 17.7 Å². The molecule has 2 unspecified atom stereocenters. The van der Waals surface area contributed by atoms with Gasteiger partial charge in [-0.3, -0.25) is 4.79 Å². The van der Waals surface area contributed by atoms with Gasteiger partial charge in [-0.1, -0.05) is 13.8 Å². The van der Waals surface area contributed by atoms with Crippen molar-refractivity contribution in [3.8, 4) is 0 Å². The first-order valence-electron chi connectivity index (χ1n) is 5.52. The number of hydrogen-bond donors (Lipinski definition) is 2. The highest BCUT2D eigenvalue weighted by atomic mass is 32.1. The van der Waals surface area contributed by atoms with Crippen LogP contribution in [0.25, 0.3) is 0 Å². The third-order valence-corrected chi connectivity index (χ3v) is 3.51. The molecule has 1 amide bonds. The minimum atomic E-state index is -0.00602. The van der Waals surface area contributed by atoms with Crippen molar-refractivity contribution in [1.29, 1.82) is 0 Å². The van der Waals surface area contributed by atoms with Gasteiger partial charge in [-0.15, -0.1) is 11.3 Å². The molecule has 3 N–H and O–H groups in total. The Hall–Kier alpha value is -0.940. The van der Waals surface area contributed by atoms with Gasteiger partial charge in [-0.25, -0.2) is 4.98 Å². The molecule has 1 heterocycles. The Morgan fingerprint density at radius 2 is 2.38 bits per heavy atom. The Morgan fingerprint density at radius 3 is 2.94 bits per heavy atom. The quantitative estimate of drug-likeness (QED) is 0.790. The third-order valence-electron chi connectivity index (χ3n) is 2.50. The SMILES string of the molecule is CC(CCN)C(=O)NCC(C)c1nccs1. The van der Waals surface area contributed by atoms with E-state index in [2.05, 4.69) is 17.2 Å². The van der Waals surface area contributed by atoms with E-state index < -0.39 is 0 Å². The van der Waals surface area contributed by atoms with Gasteiger partial charge in [0.15, 0.2) is 0 Å². The maximum absolute atomic E-state index is 11.6. The summed E-state index contributed by atoms with van der Waals surface area (Å²) in [5.41, 5.74) is 5.41. The van der Waals surface area contributed by atoms with Gasteiger partial charge in [0.25, 0.3) is 0 Å². The van der Waals surface area contributed by atoms with Crippen molar-refractivity contribution >= 4 is 17.2 Å². The van der Waals surface area contributed by atoms with Crippen LogP contribution in [0.15, 0.2) is 11.6 Å². The Bertz CT molecular complexity index is 313. The molecule has 0 aromatic carbocycles. The van der Waals surface area contributed by atoms with Gasteiger partial charge >= 0.3 is 0 Å². The molecular weight excluding hydrogens is 222 g/mol. The lowest BCUT2D eigenvalue weighted by Gasteiger charge is -2.13. The van der Waals surface area contributed by atoms with Gasteiger partial charge in [-0.05, 0) is 13.0 Å². The largest absolute Gasteiger partial charge is 0.355 e. The number of nitrogens with one attached hydrogen (secondary N) is 1. The summed E-state index contributed by atoms with van der Waals surface area (Å²) in [6.45, 7) is 5.15. The number of carbonyl (C=O) groups is 1. The van der Waals surface area contributed by atoms with Gasteiger partial charge < -0.3 is 11.1 Å². The molecule has 1 aromatic heterocycles. The molecule has 0 saturated heterocycles. The summed E-state index contributed by atoms with van der Waals surface area (Å²) in [6.07, 6.45) is 2.52. The molecule has 1 aromatic rings. The number of hydrogen-bond acceptors (Lipinski definition) is 4. The minimum absolute atomic E-state index is 0.00602. The molecule has 1 rings (SSSR count). The van der Waals surface area contributed by atoms with E-state index in [1.54, 1.807) is 17.5 Å². The molecule has 5 heteroatoms. The van der Waals surface area contributed by atoms with Crippen molar-refractivity contribution in [2.75, 3.05) is 13.1 Å².